The van der Waals surface area contributed by atoms with E-state index in [4.69, 9.17) is 0 Å². The maximum atomic E-state index is 12.5. The molecule has 0 atom stereocenters. The van der Waals surface area contributed by atoms with Gasteiger partial charge in [0, 0.05) is 0 Å². The first-order valence-corrected chi connectivity index (χ1v) is 6.43. The lowest BCUT2D eigenvalue weighted by Gasteiger charge is -2.08. The molecule has 4 nitrogen and oxygen atoms in total. The molecule has 3 aromatic rings. The van der Waals surface area contributed by atoms with E-state index >= 15 is 0 Å². The molecule has 7 heteroatoms. The van der Waals surface area contributed by atoms with Crippen molar-refractivity contribution in [1.29, 1.82) is 0 Å². The van der Waals surface area contributed by atoms with Gasteiger partial charge in [0.05, 0.1) is 17.6 Å². The lowest BCUT2D eigenvalue weighted by molar-refractivity contribution is -0.137. The third kappa shape index (κ3) is 2.45. The van der Waals surface area contributed by atoms with E-state index in [0.29, 0.717) is 16.6 Å². The summed E-state index contributed by atoms with van der Waals surface area (Å²) >= 11 is 0. The number of alkyl halides is 3. The van der Waals surface area contributed by atoms with Crippen LogP contribution in [0.2, 0.25) is 0 Å². The molecule has 0 spiro atoms. The second kappa shape index (κ2) is 4.94. The minimum atomic E-state index is -4.39. The Morgan fingerprint density at radius 3 is 2.41 bits per heavy atom. The number of hydrogen-bond donors (Lipinski definition) is 2. The van der Waals surface area contributed by atoms with Crippen LogP contribution in [0.5, 0.6) is 5.75 Å². The molecule has 0 bridgehead atoms. The Hall–Kier alpha value is -2.70. The van der Waals surface area contributed by atoms with Crippen molar-refractivity contribution < 1.29 is 18.3 Å². The fourth-order valence-electron chi connectivity index (χ4n) is 2.33. The Labute approximate surface area is 122 Å². The molecule has 0 aliphatic rings. The largest absolute Gasteiger partial charge is 0.506 e. The molecule has 0 saturated carbocycles. The quantitative estimate of drug-likeness (QED) is 0.764. The number of aromatic amines is 1. The lowest BCUT2D eigenvalue weighted by atomic mass is 10.1. The van der Waals surface area contributed by atoms with E-state index in [0.717, 1.165) is 12.1 Å². The number of phenolic OH excluding ortho intramolecular Hbond substituents is 1. The van der Waals surface area contributed by atoms with Gasteiger partial charge in [-0.15, -0.1) is 0 Å². The fourth-order valence-corrected chi connectivity index (χ4v) is 2.33. The molecular formula is C15H11F3N2O2. The van der Waals surface area contributed by atoms with Gasteiger partial charge >= 0.3 is 11.9 Å². The second-order valence-corrected chi connectivity index (χ2v) is 4.88. The highest BCUT2D eigenvalue weighted by molar-refractivity contribution is 5.81. The monoisotopic (exact) mass is 308 g/mol. The SMILES string of the molecule is O=c1[nH]c2cccc(O)c2n1Cc1ccc(C(F)(F)F)cc1. The van der Waals surface area contributed by atoms with Crippen molar-refractivity contribution in [1.82, 2.24) is 9.55 Å². The molecule has 0 radical (unpaired) electrons. The number of hydrogen-bond acceptors (Lipinski definition) is 2. The number of nitrogens with one attached hydrogen (secondary N) is 1. The molecule has 0 aliphatic heterocycles. The first-order valence-electron chi connectivity index (χ1n) is 6.43. The predicted octanol–water partition coefficient (Wildman–Crippen LogP) is 3.10. The summed E-state index contributed by atoms with van der Waals surface area (Å²) in [6.07, 6.45) is -4.39. The summed E-state index contributed by atoms with van der Waals surface area (Å²) in [4.78, 5) is 14.5. The zero-order valence-corrected chi connectivity index (χ0v) is 11.2. The van der Waals surface area contributed by atoms with Crippen LogP contribution >= 0.6 is 0 Å². The molecule has 1 aromatic heterocycles. The van der Waals surface area contributed by atoms with Crippen LogP contribution < -0.4 is 5.69 Å². The number of aromatic hydroxyl groups is 1. The van der Waals surface area contributed by atoms with Crippen LogP contribution in [0.4, 0.5) is 13.2 Å². The summed E-state index contributed by atoms with van der Waals surface area (Å²) in [5, 5.41) is 9.87. The maximum absolute atomic E-state index is 12.5. The third-order valence-electron chi connectivity index (χ3n) is 3.39. The number of fused-ring (bicyclic) bond motifs is 1. The van der Waals surface area contributed by atoms with Gasteiger partial charge in [-0.1, -0.05) is 18.2 Å². The van der Waals surface area contributed by atoms with Gasteiger partial charge in [-0.3, -0.25) is 4.57 Å². The highest BCUT2D eigenvalue weighted by Crippen LogP contribution is 2.29. The van der Waals surface area contributed by atoms with Crippen molar-refractivity contribution in [2.75, 3.05) is 0 Å². The van der Waals surface area contributed by atoms with Crippen molar-refractivity contribution in [3.63, 3.8) is 0 Å². The summed E-state index contributed by atoms with van der Waals surface area (Å²) in [6.45, 7) is 0.0640. The van der Waals surface area contributed by atoms with E-state index in [-0.39, 0.29) is 12.3 Å². The van der Waals surface area contributed by atoms with E-state index in [2.05, 4.69) is 4.98 Å². The summed E-state index contributed by atoms with van der Waals surface area (Å²) in [5.41, 5.74) is 0.144. The topological polar surface area (TPSA) is 58.0 Å². The number of halogens is 3. The number of nitrogens with zero attached hydrogens (tertiary/aromatic N) is 1. The van der Waals surface area contributed by atoms with E-state index in [1.807, 2.05) is 0 Å². The minimum Gasteiger partial charge on any atom is -0.506 e. The number of phenols is 1. The van der Waals surface area contributed by atoms with Gasteiger partial charge in [-0.05, 0) is 29.8 Å². The highest BCUT2D eigenvalue weighted by Gasteiger charge is 2.29. The number of aromatic nitrogens is 2. The van der Waals surface area contributed by atoms with Crippen LogP contribution in [0.1, 0.15) is 11.1 Å². The fraction of sp³-hybridized carbons (Fsp3) is 0.133. The Balaban J connectivity index is 2.00. The Morgan fingerprint density at radius 1 is 1.09 bits per heavy atom. The summed E-state index contributed by atoms with van der Waals surface area (Å²) in [5.74, 6) is -0.0669. The highest BCUT2D eigenvalue weighted by atomic mass is 19.4. The Bertz CT molecular complexity index is 876. The molecule has 3 rings (SSSR count). The van der Waals surface area contributed by atoms with Crippen LogP contribution in [-0.2, 0) is 12.7 Å². The van der Waals surface area contributed by atoms with E-state index in [1.165, 1.54) is 22.8 Å². The van der Waals surface area contributed by atoms with Gasteiger partial charge in [-0.25, -0.2) is 4.79 Å². The van der Waals surface area contributed by atoms with Gasteiger partial charge < -0.3 is 10.1 Å². The average Bonchev–Trinajstić information content (AvgIpc) is 2.76. The Morgan fingerprint density at radius 2 is 1.77 bits per heavy atom. The van der Waals surface area contributed by atoms with E-state index in [9.17, 15) is 23.1 Å². The standard InChI is InChI=1S/C15H11F3N2O2/c16-15(17,18)10-6-4-9(5-7-10)8-20-13-11(19-14(20)22)2-1-3-12(13)21/h1-7,21H,8H2,(H,19,22). The number of benzene rings is 2. The number of H-pyrrole nitrogens is 1. The average molecular weight is 308 g/mol. The Kier molecular flexibility index (Phi) is 3.20. The van der Waals surface area contributed by atoms with Crippen LogP contribution in [-0.4, -0.2) is 14.7 Å². The van der Waals surface area contributed by atoms with Gasteiger partial charge in [-0.2, -0.15) is 13.2 Å². The van der Waals surface area contributed by atoms with Gasteiger partial charge in [0.2, 0.25) is 0 Å². The van der Waals surface area contributed by atoms with Gasteiger partial charge in [0.15, 0.2) is 0 Å². The van der Waals surface area contributed by atoms with Gasteiger partial charge in [0.25, 0.3) is 0 Å². The van der Waals surface area contributed by atoms with Crippen molar-refractivity contribution >= 4 is 11.0 Å². The molecular weight excluding hydrogens is 297 g/mol. The van der Waals surface area contributed by atoms with Crippen molar-refractivity contribution in [3.05, 3.63) is 64.1 Å². The molecule has 2 N–H and O–H groups in total. The lowest BCUT2D eigenvalue weighted by Crippen LogP contribution is -2.17. The van der Waals surface area contributed by atoms with Crippen molar-refractivity contribution in [3.8, 4) is 5.75 Å². The summed E-state index contributed by atoms with van der Waals surface area (Å²) < 4.78 is 38.9. The van der Waals surface area contributed by atoms with E-state index in [1.54, 1.807) is 12.1 Å². The first-order chi connectivity index (χ1) is 10.4. The zero-order chi connectivity index (χ0) is 15.9. The smallest absolute Gasteiger partial charge is 0.416 e. The molecule has 0 amide bonds. The molecule has 0 unspecified atom stereocenters. The summed E-state index contributed by atoms with van der Waals surface area (Å²) in [6, 6.07) is 9.24. The normalized spacial score (nSPS) is 12.0. The zero-order valence-electron chi connectivity index (χ0n) is 11.2. The molecule has 1 heterocycles. The summed E-state index contributed by atoms with van der Waals surface area (Å²) in [7, 11) is 0. The van der Waals surface area contributed by atoms with Gasteiger partial charge in [0.1, 0.15) is 11.3 Å². The van der Waals surface area contributed by atoms with Crippen LogP contribution in [0.25, 0.3) is 11.0 Å². The first kappa shape index (κ1) is 14.2. The molecule has 22 heavy (non-hydrogen) atoms. The van der Waals surface area contributed by atoms with Crippen molar-refractivity contribution in [2.45, 2.75) is 12.7 Å². The van der Waals surface area contributed by atoms with E-state index < -0.39 is 17.4 Å². The van der Waals surface area contributed by atoms with Crippen LogP contribution in [0.3, 0.4) is 0 Å². The predicted molar refractivity (Wildman–Crippen MR) is 74.8 cm³/mol. The molecule has 0 saturated heterocycles. The number of imidazole rings is 1. The minimum absolute atomic E-state index is 0.0640. The molecule has 0 fully saturated rings. The third-order valence-corrected chi connectivity index (χ3v) is 3.39. The van der Waals surface area contributed by atoms with Crippen LogP contribution in [0, 0.1) is 0 Å². The molecule has 0 aliphatic carbocycles. The number of rotatable bonds is 2. The number of para-hydroxylation sites is 1. The maximum Gasteiger partial charge on any atom is 0.416 e. The molecule has 114 valence electrons. The van der Waals surface area contributed by atoms with Crippen molar-refractivity contribution in [2.24, 2.45) is 0 Å². The second-order valence-electron chi connectivity index (χ2n) is 4.88. The van der Waals surface area contributed by atoms with Crippen LogP contribution in [0.15, 0.2) is 47.3 Å². The molecule has 2 aromatic carbocycles.